The molecule has 2 amide bonds. The van der Waals surface area contributed by atoms with E-state index in [0.717, 1.165) is 83.5 Å². The zero-order valence-corrected chi connectivity index (χ0v) is 89.5. The van der Waals surface area contributed by atoms with E-state index in [1.807, 2.05) is 214 Å². The SMILES string of the molecule is CC(C)c1cc(F)cc(C(C)C)c1CC(=O)Cl.CC(C)c1cc(F)cc(C(C)C)c1CC(=O)N=S(=O)(N[Si](C)(C)C(C)(C)C)c1ccc(C(C)(C)N(C)C)cc1.CC(C)c1cc(F)cc(C(C)C)c1CC(=O)N=S(N)(=O)c1ccc(C(C)(C)N(C)C)cc1.CC(C)c1cc(F)cc(C(C)C)c1CC(=O)O.CN(C)C(C)(C)c1ccc(S(N)(=O)=N[Si](C)(C)C(C)(C)C)cc1. The van der Waals surface area contributed by atoms with Crippen molar-refractivity contribution in [2.24, 2.45) is 23.0 Å². The van der Waals surface area contributed by atoms with Crippen LogP contribution in [-0.2, 0) is 91.2 Å². The highest BCUT2D eigenvalue weighted by Gasteiger charge is 2.41. The lowest BCUT2D eigenvalue weighted by molar-refractivity contribution is -0.136. The Morgan fingerprint density at radius 2 is 0.609 bits per heavy atom. The third-order valence-electron chi connectivity index (χ3n) is 25.4. The number of carbonyl (C=O) groups excluding carboxylic acids is 3. The second-order valence-electron chi connectivity index (χ2n) is 41.4. The number of carboxylic acid groups (broad SMARTS) is 1. The van der Waals surface area contributed by atoms with Crippen LogP contribution in [0.1, 0.15) is 325 Å². The number of aliphatic carboxylic acids is 1. The van der Waals surface area contributed by atoms with Crippen molar-refractivity contribution in [1.82, 2.24) is 19.1 Å². The van der Waals surface area contributed by atoms with Gasteiger partial charge in [0.1, 0.15) is 61.2 Å². The summed E-state index contributed by atoms with van der Waals surface area (Å²) in [5.41, 5.74) is 12.4. The van der Waals surface area contributed by atoms with Gasteiger partial charge in [-0.25, -0.2) is 44.9 Å². The van der Waals surface area contributed by atoms with E-state index in [9.17, 15) is 49.4 Å². The van der Waals surface area contributed by atoms with Crippen LogP contribution < -0.4 is 14.7 Å². The molecule has 7 rings (SSSR count). The molecule has 0 fully saturated rings. The molecule has 0 aliphatic carbocycles. The van der Waals surface area contributed by atoms with Gasteiger partial charge in [0.05, 0.1) is 33.9 Å². The summed E-state index contributed by atoms with van der Waals surface area (Å²) in [6, 6.07) is 34.2. The highest BCUT2D eigenvalue weighted by atomic mass is 35.5. The molecular weight excluding hydrogens is 1730 g/mol. The number of carboxylic acids is 1. The molecule has 7 aromatic rings. The molecular formula is C101H156ClF4N9O8S3Si2. The maximum atomic E-state index is 14.7. The predicted octanol–water partition coefficient (Wildman–Crippen LogP) is 25.6. The van der Waals surface area contributed by atoms with Crippen LogP contribution in [0.25, 0.3) is 0 Å². The molecule has 714 valence electrons. The van der Waals surface area contributed by atoms with E-state index in [1.54, 1.807) is 12.1 Å². The van der Waals surface area contributed by atoms with Crippen molar-refractivity contribution in [3.8, 4) is 0 Å². The van der Waals surface area contributed by atoms with Gasteiger partial charge in [-0.1, -0.05) is 202 Å². The number of rotatable bonds is 28. The average molecular weight is 1890 g/mol. The standard InChI is InChI=1S/C31H50FN3O2SSi.C25H36FN3O2S.C17H33N3OSSi.C14H18ClFO.C14H19FO2/c1-21(2)26-18-24(32)19-27(22(3)4)28(26)20-29(36)33-38(37,34-39(12,13)30(5,6)7)25-16-14-23(15-17-25)31(8,9)35(10)11;1-16(2)21-13-19(26)14-22(17(3)4)23(21)15-24(30)28-32(27,31)20-11-9-18(10-12-20)25(5,6)29(7)8;1-16(2,3)23(8,9)19-22(18,21)15-12-10-14(11-13-15)17(4,5)20(6)7;1-8(2)11-5-10(16)6-12(9(3)4)13(11)7-14(15)17;1-8(2)11-5-10(15)6-12(9(3)4)13(11)7-14(16)17/h14-19,21-22H,20H2,1-13H3,(H,33,34,36,37);9-14,16-17H,15H2,1-8H3,(H2,27,28,30,31);10-13H,1-9H3,(H2,18,19,21);5-6,8-9H,7H2,1-4H3;5-6,8-9H,7H2,1-4H3,(H,16,17). The van der Waals surface area contributed by atoms with Crippen LogP contribution >= 0.6 is 11.6 Å². The van der Waals surface area contributed by atoms with Crippen molar-refractivity contribution >= 4 is 80.8 Å². The molecule has 0 aliphatic rings. The van der Waals surface area contributed by atoms with Crippen molar-refractivity contribution in [2.75, 3.05) is 42.3 Å². The number of benzene rings is 7. The molecule has 3 atom stereocenters. The summed E-state index contributed by atoms with van der Waals surface area (Å²) in [4.78, 5) is 56.2. The fourth-order valence-electron chi connectivity index (χ4n) is 13.8. The van der Waals surface area contributed by atoms with Crippen molar-refractivity contribution < 1.29 is 54.5 Å². The quantitative estimate of drug-likeness (QED) is 0.0204. The minimum atomic E-state index is -3.40. The Labute approximate surface area is 776 Å². The van der Waals surface area contributed by atoms with Crippen molar-refractivity contribution in [1.29, 1.82) is 0 Å². The van der Waals surface area contributed by atoms with Crippen LogP contribution in [-0.4, -0.2) is 114 Å². The summed E-state index contributed by atoms with van der Waals surface area (Å²) in [5.74, 6) is -2.37. The first-order valence-electron chi connectivity index (χ1n) is 44.3. The lowest BCUT2D eigenvalue weighted by atomic mass is 9.87. The number of amides is 2. The lowest BCUT2D eigenvalue weighted by Crippen LogP contribution is -2.54. The molecule has 6 N–H and O–H groups in total. The van der Waals surface area contributed by atoms with Gasteiger partial charge in [-0.15, -0.1) is 8.73 Å². The summed E-state index contributed by atoms with van der Waals surface area (Å²) in [6.45, 7) is 65.5. The van der Waals surface area contributed by atoms with Crippen LogP contribution in [0.2, 0.25) is 36.3 Å². The van der Waals surface area contributed by atoms with Gasteiger partial charge in [0.2, 0.25) is 5.24 Å². The maximum absolute atomic E-state index is 14.7. The number of nitrogens with one attached hydrogen (secondary N) is 1. The molecule has 27 heteroatoms. The molecule has 0 aliphatic heterocycles. The number of carbonyl (C=O) groups is 4. The van der Waals surface area contributed by atoms with Crippen LogP contribution in [0.3, 0.4) is 0 Å². The minimum absolute atomic E-state index is 0.0158. The molecule has 7 aromatic carbocycles. The molecule has 0 saturated carbocycles. The van der Waals surface area contributed by atoms with E-state index in [4.69, 9.17) is 27.0 Å². The molecule has 17 nitrogen and oxygen atoms in total. The summed E-state index contributed by atoms with van der Waals surface area (Å²) >= 11 is 5.47. The average Bonchev–Trinajstić information content (AvgIpc) is 0.764. The number of nitrogens with two attached hydrogens (primary N) is 2. The smallest absolute Gasteiger partial charge is 0.307 e. The molecule has 0 radical (unpaired) electrons. The molecule has 3 unspecified atom stereocenters. The normalized spacial score (nSPS) is 13.9. The fourth-order valence-corrected chi connectivity index (χ4v) is 25.3. The molecule has 128 heavy (non-hydrogen) atoms. The van der Waals surface area contributed by atoms with E-state index < -0.39 is 69.2 Å². The van der Waals surface area contributed by atoms with Crippen LogP contribution in [0.15, 0.2) is 149 Å². The number of nitrogens with zero attached hydrogens (tertiary/aromatic N) is 6. The van der Waals surface area contributed by atoms with Gasteiger partial charge in [0, 0.05) is 23.0 Å². The van der Waals surface area contributed by atoms with Gasteiger partial charge >= 0.3 is 5.97 Å². The van der Waals surface area contributed by atoms with Gasteiger partial charge in [-0.05, 0) is 334 Å². The van der Waals surface area contributed by atoms with E-state index >= 15 is 0 Å². The van der Waals surface area contributed by atoms with Crippen LogP contribution in [0.5, 0.6) is 0 Å². The van der Waals surface area contributed by atoms with E-state index in [0.29, 0.717) is 14.7 Å². The van der Waals surface area contributed by atoms with Crippen LogP contribution in [0, 0.1) is 23.3 Å². The molecule has 0 spiro atoms. The Balaban J connectivity index is 0.000000429. The maximum Gasteiger partial charge on any atom is 0.307 e. The Morgan fingerprint density at radius 1 is 0.383 bits per heavy atom. The fraction of sp³-hybridized carbons (Fsp3) is 0.545. The Bertz CT molecular complexity index is 5190. The van der Waals surface area contributed by atoms with E-state index in [2.05, 4.69) is 141 Å². The molecule has 0 heterocycles. The molecule has 0 bridgehead atoms. The predicted molar refractivity (Wildman–Crippen MR) is 534 cm³/mol. The number of hydrogen-bond donors (Lipinski definition) is 4. The van der Waals surface area contributed by atoms with Gasteiger partial charge in [0.15, 0.2) is 8.24 Å². The van der Waals surface area contributed by atoms with E-state index in [-0.39, 0.29) is 123 Å². The lowest BCUT2D eigenvalue weighted by Gasteiger charge is -2.38. The third kappa shape index (κ3) is 31.6. The highest BCUT2D eigenvalue weighted by molar-refractivity contribution is 7.93. The summed E-state index contributed by atoms with van der Waals surface area (Å²) in [7, 11) is -1.85. The minimum Gasteiger partial charge on any atom is -0.481 e. The van der Waals surface area contributed by atoms with Gasteiger partial charge in [-0.3, -0.25) is 23.2 Å². The van der Waals surface area contributed by atoms with Crippen molar-refractivity contribution in [3.05, 3.63) is 228 Å². The Kier molecular flexibility index (Phi) is 41.5. The second kappa shape index (κ2) is 46.1. The Hall–Kier alpha value is -6.93. The first kappa shape index (κ1) is 115. The third-order valence-corrected chi connectivity index (χ3v) is 42.7. The molecule has 0 saturated heterocycles. The molecule has 0 aromatic heterocycles. The summed E-state index contributed by atoms with van der Waals surface area (Å²) < 4.78 is 113. The van der Waals surface area contributed by atoms with E-state index in [1.165, 1.54) is 48.5 Å². The zero-order chi connectivity index (χ0) is 99.2. The van der Waals surface area contributed by atoms with Crippen molar-refractivity contribution in [2.45, 2.75) is 334 Å². The second-order valence-corrected chi connectivity index (χ2v) is 57.8. The van der Waals surface area contributed by atoms with Gasteiger partial charge in [-0.2, -0.15) is 0 Å². The zero-order valence-electron chi connectivity index (χ0n) is 84.3. The first-order valence-corrected chi connectivity index (χ1v) is 55.3. The monoisotopic (exact) mass is 1890 g/mol. The summed E-state index contributed by atoms with van der Waals surface area (Å²) in [6.07, 6.45) is 0.0363. The topological polar surface area (TPSA) is 251 Å². The van der Waals surface area contributed by atoms with Gasteiger partial charge in [0.25, 0.3) is 11.8 Å². The Morgan fingerprint density at radius 3 is 0.828 bits per heavy atom. The van der Waals surface area contributed by atoms with Crippen molar-refractivity contribution in [3.63, 3.8) is 0 Å². The number of hydrogen-bond acceptors (Lipinski definition) is 11. The summed E-state index contributed by atoms with van der Waals surface area (Å²) in [5, 5.41) is 20.6. The number of halogens is 5. The van der Waals surface area contributed by atoms with Gasteiger partial charge < -0.3 is 19.8 Å². The highest BCUT2D eigenvalue weighted by Crippen LogP contribution is 2.41. The largest absolute Gasteiger partial charge is 0.481 e. The van der Waals surface area contributed by atoms with Crippen LogP contribution in [0.4, 0.5) is 17.6 Å². The first-order chi connectivity index (χ1) is 58.0.